The Balaban J connectivity index is 1.82. The maximum absolute atomic E-state index is 11.3. The number of nitrogens with one attached hydrogen (secondary N) is 1. The van der Waals surface area contributed by atoms with Crippen LogP contribution in [-0.2, 0) is 10.0 Å². The van der Waals surface area contributed by atoms with Crippen LogP contribution in [0.4, 0.5) is 11.6 Å². The van der Waals surface area contributed by atoms with Gasteiger partial charge in [-0.3, -0.25) is 0 Å². The number of sulfonamides is 1. The third-order valence-corrected chi connectivity index (χ3v) is 5.34. The van der Waals surface area contributed by atoms with Crippen molar-refractivity contribution in [3.8, 4) is 11.9 Å². The van der Waals surface area contributed by atoms with Crippen molar-refractivity contribution < 1.29 is 18.3 Å². The molecule has 0 amide bonds. The highest BCUT2D eigenvalue weighted by Crippen LogP contribution is 2.33. The van der Waals surface area contributed by atoms with Crippen LogP contribution in [0, 0.1) is 11.3 Å². The summed E-state index contributed by atoms with van der Waals surface area (Å²) in [6.07, 6.45) is 2.98. The molecule has 0 spiro atoms. The highest BCUT2D eigenvalue weighted by Gasteiger charge is 2.39. The molecule has 0 saturated heterocycles. The van der Waals surface area contributed by atoms with Crippen LogP contribution >= 0.6 is 0 Å². The van der Waals surface area contributed by atoms with Crippen LogP contribution in [-0.4, -0.2) is 35.2 Å². The summed E-state index contributed by atoms with van der Waals surface area (Å²) < 4.78 is 28.4. The molecular formula is C17H19N5O4S. The number of aromatic nitrogens is 2. The van der Waals surface area contributed by atoms with E-state index in [1.54, 1.807) is 6.92 Å². The van der Waals surface area contributed by atoms with Gasteiger partial charge in [0.2, 0.25) is 21.9 Å². The van der Waals surface area contributed by atoms with Crippen molar-refractivity contribution in [1.29, 1.82) is 5.26 Å². The van der Waals surface area contributed by atoms with Gasteiger partial charge in [0.25, 0.3) is 0 Å². The number of primary sulfonamides is 1. The quantitative estimate of drug-likeness (QED) is 0.694. The van der Waals surface area contributed by atoms with Gasteiger partial charge in [0.15, 0.2) is 0 Å². The van der Waals surface area contributed by atoms with Crippen LogP contribution in [0.3, 0.4) is 0 Å². The molecule has 142 valence electrons. The van der Waals surface area contributed by atoms with E-state index >= 15 is 0 Å². The van der Waals surface area contributed by atoms with Gasteiger partial charge in [-0.15, -0.1) is 0 Å². The minimum atomic E-state index is -3.77. The van der Waals surface area contributed by atoms with Crippen LogP contribution < -0.4 is 15.2 Å². The number of rotatable bonds is 5. The van der Waals surface area contributed by atoms with Gasteiger partial charge >= 0.3 is 0 Å². The van der Waals surface area contributed by atoms with E-state index in [1.807, 2.05) is 6.07 Å². The Kier molecular flexibility index (Phi) is 5.01. The van der Waals surface area contributed by atoms with Crippen molar-refractivity contribution >= 4 is 21.7 Å². The van der Waals surface area contributed by atoms with Crippen molar-refractivity contribution in [2.75, 3.05) is 5.32 Å². The molecule has 1 heterocycles. The monoisotopic (exact) mass is 389 g/mol. The summed E-state index contributed by atoms with van der Waals surface area (Å²) in [6, 6.07) is 7.72. The van der Waals surface area contributed by atoms with E-state index in [-0.39, 0.29) is 22.3 Å². The molecule has 1 aromatic heterocycles. The fourth-order valence-corrected chi connectivity index (χ4v) is 3.40. The summed E-state index contributed by atoms with van der Waals surface area (Å²) in [7, 11) is -3.77. The lowest BCUT2D eigenvalue weighted by atomic mass is 10.0. The van der Waals surface area contributed by atoms with E-state index in [9.17, 15) is 18.8 Å². The van der Waals surface area contributed by atoms with Gasteiger partial charge in [-0.2, -0.15) is 10.2 Å². The number of anilines is 2. The first-order chi connectivity index (χ1) is 12.7. The van der Waals surface area contributed by atoms with Crippen LogP contribution in [0.15, 0.2) is 35.4 Å². The molecule has 0 aliphatic heterocycles. The Hall–Kier alpha value is -2.74. The summed E-state index contributed by atoms with van der Waals surface area (Å²) in [6.45, 7) is 1.70. The average molecular weight is 389 g/mol. The molecule has 1 aliphatic carbocycles. The van der Waals surface area contributed by atoms with Crippen LogP contribution in [0.25, 0.3) is 0 Å². The number of aliphatic hydroxyl groups is 1. The fourth-order valence-electron chi connectivity index (χ4n) is 2.89. The predicted molar refractivity (Wildman–Crippen MR) is 96.7 cm³/mol. The zero-order valence-electron chi connectivity index (χ0n) is 14.6. The van der Waals surface area contributed by atoms with E-state index in [2.05, 4.69) is 15.3 Å². The number of hydrogen-bond acceptors (Lipinski definition) is 8. The molecule has 10 heteroatoms. The highest BCUT2D eigenvalue weighted by atomic mass is 32.2. The van der Waals surface area contributed by atoms with E-state index in [0.717, 1.165) is 6.42 Å². The van der Waals surface area contributed by atoms with Crippen LogP contribution in [0.2, 0.25) is 0 Å². The van der Waals surface area contributed by atoms with Crippen molar-refractivity contribution in [2.45, 2.75) is 42.8 Å². The van der Waals surface area contributed by atoms with Gasteiger partial charge in [-0.25, -0.2) is 18.5 Å². The summed E-state index contributed by atoms with van der Waals surface area (Å²) in [4.78, 5) is 8.26. The summed E-state index contributed by atoms with van der Waals surface area (Å²) in [5, 5.41) is 27.6. The lowest BCUT2D eigenvalue weighted by molar-refractivity contribution is -0.0271. The molecule has 1 aliphatic rings. The minimum absolute atomic E-state index is 0.0127. The van der Waals surface area contributed by atoms with E-state index in [4.69, 9.17) is 9.88 Å². The van der Waals surface area contributed by atoms with E-state index in [0.29, 0.717) is 18.5 Å². The fraction of sp³-hybridized carbons (Fsp3) is 0.353. The van der Waals surface area contributed by atoms with E-state index < -0.39 is 21.7 Å². The number of nitrogens with zero attached hydrogens (tertiary/aromatic N) is 3. The first kappa shape index (κ1) is 19.0. The Labute approximate surface area is 156 Å². The number of hydrogen-bond donors (Lipinski definition) is 3. The molecule has 27 heavy (non-hydrogen) atoms. The Morgan fingerprint density at radius 2 is 2.11 bits per heavy atom. The number of nitriles is 1. The lowest BCUT2D eigenvalue weighted by Gasteiger charge is -2.26. The van der Waals surface area contributed by atoms with E-state index in [1.165, 1.54) is 30.5 Å². The Bertz CT molecular complexity index is 983. The number of ether oxygens (including phenoxy) is 1. The Morgan fingerprint density at radius 1 is 1.41 bits per heavy atom. The predicted octanol–water partition coefficient (Wildman–Crippen LogP) is 1.42. The van der Waals surface area contributed by atoms with Crippen LogP contribution in [0.5, 0.6) is 5.88 Å². The lowest BCUT2D eigenvalue weighted by Crippen LogP contribution is -2.38. The zero-order valence-corrected chi connectivity index (χ0v) is 15.4. The molecule has 4 N–H and O–H groups in total. The Morgan fingerprint density at radius 3 is 2.67 bits per heavy atom. The average Bonchev–Trinajstić information content (AvgIpc) is 2.93. The molecular weight excluding hydrogens is 370 g/mol. The first-order valence-electron chi connectivity index (χ1n) is 8.25. The van der Waals surface area contributed by atoms with Crippen molar-refractivity contribution in [3.05, 3.63) is 36.0 Å². The topological polar surface area (TPSA) is 151 Å². The number of benzene rings is 1. The molecule has 1 fully saturated rings. The highest BCUT2D eigenvalue weighted by molar-refractivity contribution is 7.89. The third kappa shape index (κ3) is 4.33. The van der Waals surface area contributed by atoms with Crippen LogP contribution in [0.1, 0.15) is 31.7 Å². The standard InChI is InChI=1S/C17H19N5O4S/c1-17(23)8-2-3-14(17)26-15-11(9-18)10-20-16(22-15)21-12-4-6-13(7-5-12)27(19,24)25/h4-7,10,14,23H,2-3,8H2,1H3,(H2,19,24,25)(H,20,21,22)/t14-,17+/m0/s1. The normalized spacial score (nSPS) is 22.2. The molecule has 2 atom stereocenters. The van der Waals surface area contributed by atoms with Gasteiger partial charge in [0.05, 0.1) is 16.7 Å². The zero-order chi connectivity index (χ0) is 19.7. The van der Waals surface area contributed by atoms with Crippen molar-refractivity contribution in [1.82, 2.24) is 9.97 Å². The summed E-state index contributed by atoms with van der Waals surface area (Å²) in [5.74, 6) is 0.258. The summed E-state index contributed by atoms with van der Waals surface area (Å²) >= 11 is 0. The summed E-state index contributed by atoms with van der Waals surface area (Å²) in [5.41, 5.74) is -0.284. The van der Waals surface area contributed by atoms with Crippen molar-refractivity contribution in [2.24, 2.45) is 5.14 Å². The molecule has 1 aromatic carbocycles. The third-order valence-electron chi connectivity index (χ3n) is 4.41. The number of nitrogens with two attached hydrogens (primary N) is 1. The second-order valence-electron chi connectivity index (χ2n) is 6.57. The molecule has 2 aromatic rings. The maximum Gasteiger partial charge on any atom is 0.238 e. The van der Waals surface area contributed by atoms with Crippen molar-refractivity contribution in [3.63, 3.8) is 0 Å². The smallest absolute Gasteiger partial charge is 0.238 e. The second kappa shape index (κ2) is 7.11. The molecule has 3 rings (SSSR count). The second-order valence-corrected chi connectivity index (χ2v) is 8.14. The molecule has 0 radical (unpaired) electrons. The molecule has 0 unspecified atom stereocenters. The maximum atomic E-state index is 11.3. The van der Waals surface area contributed by atoms with Gasteiger partial charge in [0, 0.05) is 5.69 Å². The molecule has 0 bridgehead atoms. The molecule has 9 nitrogen and oxygen atoms in total. The SMILES string of the molecule is C[C@@]1(O)CCC[C@@H]1Oc1nc(Nc2ccc(S(N)(=O)=O)cc2)ncc1C#N. The van der Waals surface area contributed by atoms with Gasteiger partial charge in [0.1, 0.15) is 17.7 Å². The minimum Gasteiger partial charge on any atom is -0.470 e. The van der Waals surface area contributed by atoms with Gasteiger partial charge < -0.3 is 15.2 Å². The van der Waals surface area contributed by atoms with Gasteiger partial charge in [-0.1, -0.05) is 0 Å². The van der Waals surface area contributed by atoms with Gasteiger partial charge in [-0.05, 0) is 50.5 Å². The first-order valence-corrected chi connectivity index (χ1v) is 9.80. The molecule has 1 saturated carbocycles. The largest absolute Gasteiger partial charge is 0.470 e.